The Morgan fingerprint density at radius 2 is 2.05 bits per heavy atom. The van der Waals surface area contributed by atoms with Crippen molar-refractivity contribution in [1.82, 2.24) is 4.90 Å². The number of likely N-dealkylation sites (tertiary alicyclic amines) is 1. The van der Waals surface area contributed by atoms with Gasteiger partial charge in [0.05, 0.1) is 0 Å². The number of amides is 1. The number of carbonyl (C=O) groups is 1. The number of hydrogen-bond acceptors (Lipinski definition) is 2. The summed E-state index contributed by atoms with van der Waals surface area (Å²) in [5.74, 6) is 1.08. The first-order valence-corrected chi connectivity index (χ1v) is 8.19. The van der Waals surface area contributed by atoms with Crippen molar-refractivity contribution in [2.24, 2.45) is 5.92 Å². The Morgan fingerprint density at radius 3 is 2.67 bits per heavy atom. The number of rotatable bonds is 5. The molecule has 3 heteroatoms. The van der Waals surface area contributed by atoms with Crippen molar-refractivity contribution in [1.29, 1.82) is 0 Å². The number of aryl methyl sites for hydroxylation is 1. The van der Waals surface area contributed by atoms with Crippen LogP contribution >= 0.6 is 0 Å². The van der Waals surface area contributed by atoms with Crippen LogP contribution in [0.5, 0.6) is 0 Å². The van der Waals surface area contributed by atoms with Gasteiger partial charge in [0.15, 0.2) is 0 Å². The van der Waals surface area contributed by atoms with Gasteiger partial charge in [-0.15, -0.1) is 0 Å². The van der Waals surface area contributed by atoms with E-state index in [2.05, 4.69) is 30.9 Å². The van der Waals surface area contributed by atoms with E-state index in [1.54, 1.807) is 0 Å². The van der Waals surface area contributed by atoms with Crippen LogP contribution in [0.4, 0.5) is 5.69 Å². The summed E-state index contributed by atoms with van der Waals surface area (Å²) < 4.78 is 0. The number of piperidine rings is 1. The largest absolute Gasteiger partial charge is 0.313 e. The molecule has 1 fully saturated rings. The van der Waals surface area contributed by atoms with Crippen molar-refractivity contribution in [2.75, 3.05) is 31.1 Å². The van der Waals surface area contributed by atoms with Gasteiger partial charge >= 0.3 is 0 Å². The van der Waals surface area contributed by atoms with Gasteiger partial charge in [-0.3, -0.25) is 4.79 Å². The topological polar surface area (TPSA) is 23.6 Å². The lowest BCUT2D eigenvalue weighted by molar-refractivity contribution is -0.119. The van der Waals surface area contributed by atoms with Crippen molar-refractivity contribution in [3.8, 4) is 0 Å². The summed E-state index contributed by atoms with van der Waals surface area (Å²) in [6.45, 7) is 10.3. The van der Waals surface area contributed by atoms with Crippen LogP contribution < -0.4 is 4.90 Å². The van der Waals surface area contributed by atoms with Crippen molar-refractivity contribution in [3.63, 3.8) is 0 Å². The number of benzene rings is 1. The smallest absolute Gasteiger partial charge is 0.228 e. The molecule has 0 spiro atoms. The van der Waals surface area contributed by atoms with Crippen LogP contribution in [-0.2, 0) is 4.79 Å². The van der Waals surface area contributed by atoms with Gasteiger partial charge in [-0.25, -0.2) is 0 Å². The van der Waals surface area contributed by atoms with E-state index in [0.717, 1.165) is 37.8 Å². The molecule has 1 heterocycles. The molecule has 0 aromatic heterocycles. The maximum Gasteiger partial charge on any atom is 0.228 e. The van der Waals surface area contributed by atoms with Crippen LogP contribution in [0.2, 0.25) is 0 Å². The predicted molar refractivity (Wildman–Crippen MR) is 88.7 cm³/mol. The average molecular weight is 288 g/mol. The average Bonchev–Trinajstić information content (AvgIpc) is 2.47. The fourth-order valence-electron chi connectivity index (χ4n) is 2.97. The van der Waals surface area contributed by atoms with Crippen molar-refractivity contribution < 1.29 is 4.79 Å². The van der Waals surface area contributed by atoms with Crippen molar-refractivity contribution >= 4 is 11.6 Å². The van der Waals surface area contributed by atoms with E-state index in [1.165, 1.54) is 18.4 Å². The zero-order valence-electron chi connectivity index (χ0n) is 13.6. The highest BCUT2D eigenvalue weighted by Gasteiger charge is 2.18. The number of anilines is 1. The molecule has 1 aliphatic rings. The fourth-order valence-corrected chi connectivity index (χ4v) is 2.97. The molecule has 1 aromatic rings. The molecule has 0 saturated carbocycles. The third-order valence-electron chi connectivity index (χ3n) is 4.45. The Balaban J connectivity index is 1.88. The quantitative estimate of drug-likeness (QED) is 0.828. The zero-order valence-corrected chi connectivity index (χ0v) is 13.6. The van der Waals surface area contributed by atoms with E-state index in [9.17, 15) is 4.79 Å². The van der Waals surface area contributed by atoms with Crippen LogP contribution in [0, 0.1) is 12.8 Å². The minimum Gasteiger partial charge on any atom is -0.313 e. The van der Waals surface area contributed by atoms with Crippen LogP contribution in [0.25, 0.3) is 0 Å². The normalized spacial score (nSPS) is 16.9. The SMILES string of the molecule is CCN(C(=O)CCN1CCC(C)CC1)c1cccc(C)c1. The molecule has 2 rings (SSSR count). The highest BCUT2D eigenvalue weighted by atomic mass is 16.2. The Labute approximate surface area is 128 Å². The third-order valence-corrected chi connectivity index (χ3v) is 4.45. The number of hydrogen-bond donors (Lipinski definition) is 0. The van der Waals surface area contributed by atoms with E-state index in [0.29, 0.717) is 6.42 Å². The Bertz CT molecular complexity index is 464. The fraction of sp³-hybridized carbons (Fsp3) is 0.611. The summed E-state index contributed by atoms with van der Waals surface area (Å²) in [5.41, 5.74) is 2.22. The molecule has 1 saturated heterocycles. The van der Waals surface area contributed by atoms with E-state index in [4.69, 9.17) is 0 Å². The Hall–Kier alpha value is -1.35. The van der Waals surface area contributed by atoms with Gasteiger partial charge in [-0.05, 0) is 63.4 Å². The van der Waals surface area contributed by atoms with Gasteiger partial charge in [0, 0.05) is 25.2 Å². The Morgan fingerprint density at radius 1 is 1.33 bits per heavy atom. The van der Waals surface area contributed by atoms with E-state index < -0.39 is 0 Å². The third kappa shape index (κ3) is 4.57. The molecule has 0 atom stereocenters. The summed E-state index contributed by atoms with van der Waals surface area (Å²) in [6.07, 6.45) is 3.16. The molecule has 0 N–H and O–H groups in total. The van der Waals surface area contributed by atoms with E-state index in [1.807, 2.05) is 24.0 Å². The number of nitrogens with zero attached hydrogens (tertiary/aromatic N) is 2. The second kappa shape index (κ2) is 7.60. The monoisotopic (exact) mass is 288 g/mol. The lowest BCUT2D eigenvalue weighted by Gasteiger charge is -2.30. The maximum atomic E-state index is 12.5. The highest BCUT2D eigenvalue weighted by Crippen LogP contribution is 2.18. The molecule has 1 aliphatic heterocycles. The van der Waals surface area contributed by atoms with E-state index in [-0.39, 0.29) is 5.91 Å². The molecule has 116 valence electrons. The minimum atomic E-state index is 0.238. The molecule has 0 unspecified atom stereocenters. The maximum absolute atomic E-state index is 12.5. The first-order valence-electron chi connectivity index (χ1n) is 8.19. The summed E-state index contributed by atoms with van der Waals surface area (Å²) in [6, 6.07) is 8.20. The highest BCUT2D eigenvalue weighted by molar-refractivity contribution is 5.93. The lowest BCUT2D eigenvalue weighted by Crippen LogP contribution is -2.37. The van der Waals surface area contributed by atoms with Crippen LogP contribution in [0.1, 0.15) is 38.7 Å². The van der Waals surface area contributed by atoms with Gasteiger partial charge in [0.25, 0.3) is 0 Å². The molecule has 1 aromatic carbocycles. The standard InChI is InChI=1S/C18H28N2O/c1-4-20(17-7-5-6-16(3)14-17)18(21)10-13-19-11-8-15(2)9-12-19/h5-7,14-15H,4,8-13H2,1-3H3. The molecule has 1 amide bonds. The van der Waals surface area contributed by atoms with Crippen molar-refractivity contribution in [2.45, 2.75) is 40.0 Å². The predicted octanol–water partition coefficient (Wildman–Crippen LogP) is 3.47. The molecule has 3 nitrogen and oxygen atoms in total. The van der Waals surface area contributed by atoms with E-state index >= 15 is 0 Å². The molecular formula is C18H28N2O. The summed E-state index contributed by atoms with van der Waals surface area (Å²) in [5, 5.41) is 0. The van der Waals surface area contributed by atoms with Crippen LogP contribution in [0.15, 0.2) is 24.3 Å². The zero-order chi connectivity index (χ0) is 15.2. The Kier molecular flexibility index (Phi) is 5.80. The summed E-state index contributed by atoms with van der Waals surface area (Å²) in [7, 11) is 0. The second-order valence-corrected chi connectivity index (χ2v) is 6.25. The van der Waals surface area contributed by atoms with Gasteiger partial charge in [-0.2, -0.15) is 0 Å². The van der Waals surface area contributed by atoms with Gasteiger partial charge in [0.2, 0.25) is 5.91 Å². The first-order chi connectivity index (χ1) is 10.1. The molecule has 0 aliphatic carbocycles. The molecule has 0 bridgehead atoms. The second-order valence-electron chi connectivity index (χ2n) is 6.25. The van der Waals surface area contributed by atoms with Crippen LogP contribution in [-0.4, -0.2) is 37.0 Å². The minimum absolute atomic E-state index is 0.238. The van der Waals surface area contributed by atoms with Gasteiger partial charge < -0.3 is 9.80 Å². The molecule has 21 heavy (non-hydrogen) atoms. The number of carbonyl (C=O) groups excluding carboxylic acids is 1. The van der Waals surface area contributed by atoms with Gasteiger partial charge in [0.1, 0.15) is 0 Å². The summed E-state index contributed by atoms with van der Waals surface area (Å²) >= 11 is 0. The lowest BCUT2D eigenvalue weighted by atomic mass is 9.99. The van der Waals surface area contributed by atoms with Gasteiger partial charge in [-0.1, -0.05) is 19.1 Å². The van der Waals surface area contributed by atoms with Crippen LogP contribution in [0.3, 0.4) is 0 Å². The molecule has 0 radical (unpaired) electrons. The van der Waals surface area contributed by atoms with Crippen molar-refractivity contribution in [3.05, 3.63) is 29.8 Å². The first kappa shape index (κ1) is 16.0. The summed E-state index contributed by atoms with van der Waals surface area (Å²) in [4.78, 5) is 16.8. The molecular weight excluding hydrogens is 260 g/mol.